The summed E-state index contributed by atoms with van der Waals surface area (Å²) >= 11 is 1.41. The van der Waals surface area contributed by atoms with Crippen molar-refractivity contribution in [2.24, 2.45) is 0 Å². The summed E-state index contributed by atoms with van der Waals surface area (Å²) in [6.07, 6.45) is 0.827. The second kappa shape index (κ2) is 17.4. The SMILES string of the molecule is COC(=O)Nc1ccc(Sc2ccc(C(=O)NC(C)(C)COP(=O)([O-])[O-])cc2Nc2ncnc3nc(C(C)C)ccc23)cc1.[Na+].[Na+]. The van der Waals surface area contributed by atoms with Crippen LogP contribution in [0.4, 0.5) is 22.0 Å². The molecule has 2 heterocycles. The Morgan fingerprint density at radius 1 is 1.02 bits per heavy atom. The van der Waals surface area contributed by atoms with E-state index in [2.05, 4.69) is 40.2 Å². The molecule has 4 rings (SSSR count). The minimum absolute atomic E-state index is 0. The van der Waals surface area contributed by atoms with Gasteiger partial charge in [-0.15, -0.1) is 0 Å². The van der Waals surface area contributed by atoms with E-state index in [4.69, 9.17) is 0 Å². The minimum atomic E-state index is -5.21. The zero-order chi connectivity index (χ0) is 32.1. The Morgan fingerprint density at radius 3 is 2.35 bits per heavy atom. The second-order valence-electron chi connectivity index (χ2n) is 10.6. The van der Waals surface area contributed by atoms with E-state index in [9.17, 15) is 23.9 Å². The summed E-state index contributed by atoms with van der Waals surface area (Å²) in [5.74, 6) is 0.172. The fourth-order valence-corrected chi connectivity index (χ4v) is 5.28. The smallest absolute Gasteiger partial charge is 0.790 e. The van der Waals surface area contributed by atoms with Gasteiger partial charge in [0.25, 0.3) is 5.91 Å². The molecule has 13 nitrogen and oxygen atoms in total. The van der Waals surface area contributed by atoms with Crippen LogP contribution in [0, 0.1) is 0 Å². The number of amides is 2. The van der Waals surface area contributed by atoms with Crippen molar-refractivity contribution in [2.45, 2.75) is 48.9 Å². The number of nitrogens with zero attached hydrogens (tertiary/aromatic N) is 3. The van der Waals surface area contributed by atoms with E-state index in [0.29, 0.717) is 28.2 Å². The molecule has 0 atom stereocenters. The first-order chi connectivity index (χ1) is 20.7. The Bertz CT molecular complexity index is 1720. The van der Waals surface area contributed by atoms with Crippen LogP contribution in [0.2, 0.25) is 0 Å². The van der Waals surface area contributed by atoms with Crippen LogP contribution in [-0.2, 0) is 13.8 Å². The molecule has 2 amide bonds. The molecule has 232 valence electrons. The van der Waals surface area contributed by atoms with Crippen molar-refractivity contribution in [1.82, 2.24) is 20.3 Å². The number of benzene rings is 2. The van der Waals surface area contributed by atoms with Crippen LogP contribution in [0.25, 0.3) is 11.0 Å². The number of pyridine rings is 1. The van der Waals surface area contributed by atoms with Gasteiger partial charge < -0.3 is 34.2 Å². The number of carbonyl (C=O) groups excluding carboxylic acids is 2. The van der Waals surface area contributed by atoms with E-state index in [1.807, 2.05) is 38.1 Å². The van der Waals surface area contributed by atoms with Crippen LogP contribution in [0.3, 0.4) is 0 Å². The maximum atomic E-state index is 13.2. The summed E-state index contributed by atoms with van der Waals surface area (Å²) in [6, 6.07) is 15.9. The number of phosphoric ester groups is 1. The van der Waals surface area contributed by atoms with Crippen molar-refractivity contribution in [3.05, 3.63) is 72.2 Å². The average molecular weight is 685 g/mol. The van der Waals surface area contributed by atoms with Gasteiger partial charge in [0.15, 0.2) is 5.65 Å². The Balaban J connectivity index is 0.00000368. The second-order valence-corrected chi connectivity index (χ2v) is 12.9. The molecule has 0 saturated carbocycles. The first-order valence-electron chi connectivity index (χ1n) is 13.4. The van der Waals surface area contributed by atoms with E-state index in [1.165, 1.54) is 39.0 Å². The molecule has 0 aliphatic rings. The van der Waals surface area contributed by atoms with Crippen LogP contribution < -0.4 is 84.9 Å². The van der Waals surface area contributed by atoms with Crippen molar-refractivity contribution >= 4 is 59.8 Å². The van der Waals surface area contributed by atoms with Crippen molar-refractivity contribution in [3.8, 4) is 0 Å². The number of fused-ring (bicyclic) bond motifs is 1. The topological polar surface area (TPSA) is 191 Å². The summed E-state index contributed by atoms with van der Waals surface area (Å²) in [7, 11) is -3.93. The maximum absolute atomic E-state index is 13.2. The third-order valence-corrected chi connectivity index (χ3v) is 7.68. The first kappa shape index (κ1) is 40.1. The van der Waals surface area contributed by atoms with Crippen LogP contribution in [0.5, 0.6) is 0 Å². The van der Waals surface area contributed by atoms with Gasteiger partial charge in [-0.05, 0) is 74.4 Å². The van der Waals surface area contributed by atoms with E-state index in [0.717, 1.165) is 15.5 Å². The van der Waals surface area contributed by atoms with Gasteiger partial charge in [0.05, 0.1) is 38.2 Å². The van der Waals surface area contributed by atoms with Gasteiger partial charge in [0, 0.05) is 26.7 Å². The number of carbonyl (C=O) groups is 2. The normalized spacial score (nSPS) is 11.3. The number of hydrogen-bond donors (Lipinski definition) is 3. The summed E-state index contributed by atoms with van der Waals surface area (Å²) in [4.78, 5) is 61.6. The largest absolute Gasteiger partial charge is 1.00 e. The van der Waals surface area contributed by atoms with Gasteiger partial charge in [-0.2, -0.15) is 0 Å². The van der Waals surface area contributed by atoms with Gasteiger partial charge in [-0.25, -0.2) is 19.7 Å². The zero-order valence-corrected chi connectivity index (χ0v) is 32.3. The summed E-state index contributed by atoms with van der Waals surface area (Å²) < 4.78 is 20.0. The number of methoxy groups -OCH3 is 1. The number of aromatic nitrogens is 3. The van der Waals surface area contributed by atoms with Gasteiger partial charge >= 0.3 is 65.2 Å². The fraction of sp³-hybridized carbons (Fsp3) is 0.276. The molecular formula is C29H31N6Na2O7PS. The van der Waals surface area contributed by atoms with E-state index >= 15 is 0 Å². The third kappa shape index (κ3) is 11.6. The van der Waals surface area contributed by atoms with Gasteiger partial charge in [0.1, 0.15) is 12.1 Å². The molecule has 4 aromatic rings. The summed E-state index contributed by atoms with van der Waals surface area (Å²) in [5.41, 5.74) is 1.61. The molecule has 46 heavy (non-hydrogen) atoms. The van der Waals surface area contributed by atoms with Crippen molar-refractivity contribution < 1.29 is 92.3 Å². The predicted molar refractivity (Wildman–Crippen MR) is 163 cm³/mol. The minimum Gasteiger partial charge on any atom is -0.790 e. The predicted octanol–water partition coefficient (Wildman–Crippen LogP) is -1.42. The molecule has 0 fully saturated rings. The molecule has 0 aliphatic heterocycles. The van der Waals surface area contributed by atoms with Gasteiger partial charge in [-0.1, -0.05) is 25.6 Å². The summed E-state index contributed by atoms with van der Waals surface area (Å²) in [6.45, 7) is 6.63. The number of anilines is 3. The Kier molecular flexibility index (Phi) is 15.1. The Labute approximate surface area is 315 Å². The molecule has 2 aromatic heterocycles. The standard InChI is InChI=1S/C29H33N6O7PS.2Na/c1-17(2)22-12-11-21-25(33-22)30-16-31-26(21)34-23-14-18(27(36)35-29(3,4)15-42-43(38,39)40)6-13-24(23)44-20-9-7-19(8-10-20)32-28(37)41-5;;/h6-14,16-17H,15H2,1-5H3,(H,32,37)(H,35,36)(H2,38,39,40)(H,30,31,33,34);;/q;2*+1/p-2. The fourth-order valence-electron chi connectivity index (χ4n) is 3.92. The van der Waals surface area contributed by atoms with Gasteiger partial charge in [0.2, 0.25) is 0 Å². The van der Waals surface area contributed by atoms with Crippen molar-refractivity contribution in [1.29, 1.82) is 0 Å². The monoisotopic (exact) mass is 684 g/mol. The molecule has 0 saturated heterocycles. The number of ether oxygens (including phenoxy) is 1. The van der Waals surface area contributed by atoms with E-state index < -0.39 is 32.0 Å². The maximum Gasteiger partial charge on any atom is 1.00 e. The molecule has 0 spiro atoms. The molecule has 2 aromatic carbocycles. The number of phosphoric acid groups is 1. The third-order valence-electron chi connectivity index (χ3n) is 6.15. The molecule has 0 unspecified atom stereocenters. The Hall–Kier alpha value is -2.07. The quantitative estimate of drug-likeness (QED) is 0.124. The zero-order valence-electron chi connectivity index (χ0n) is 26.6. The van der Waals surface area contributed by atoms with Crippen LogP contribution >= 0.6 is 19.6 Å². The van der Waals surface area contributed by atoms with E-state index in [1.54, 1.807) is 30.3 Å². The number of nitrogens with one attached hydrogen (secondary N) is 3. The molecule has 17 heteroatoms. The number of rotatable bonds is 11. The Morgan fingerprint density at radius 2 is 1.72 bits per heavy atom. The molecule has 3 N–H and O–H groups in total. The van der Waals surface area contributed by atoms with E-state index in [-0.39, 0.29) is 70.6 Å². The molecule has 0 aliphatic carbocycles. The summed E-state index contributed by atoms with van der Waals surface area (Å²) in [5, 5.41) is 9.31. The average Bonchev–Trinajstić information content (AvgIpc) is 2.97. The molecule has 0 bridgehead atoms. The number of hydrogen-bond acceptors (Lipinski definition) is 12. The molecule has 0 radical (unpaired) electrons. The van der Waals surface area contributed by atoms with Crippen molar-refractivity contribution in [2.75, 3.05) is 24.4 Å². The van der Waals surface area contributed by atoms with Gasteiger partial charge in [-0.3, -0.25) is 10.1 Å². The first-order valence-corrected chi connectivity index (χ1v) is 15.7. The van der Waals surface area contributed by atoms with Crippen LogP contribution in [0.15, 0.2) is 70.7 Å². The molecular weight excluding hydrogens is 653 g/mol. The van der Waals surface area contributed by atoms with Crippen LogP contribution in [-0.4, -0.2) is 46.2 Å². The van der Waals surface area contributed by atoms with Crippen LogP contribution in [0.1, 0.15) is 49.7 Å². The van der Waals surface area contributed by atoms with Crippen molar-refractivity contribution in [3.63, 3.8) is 0 Å².